The Labute approximate surface area is 89.2 Å². The largest absolute Gasteiger partial charge is 0.458 e. The Kier molecular flexibility index (Phi) is 3.88. The van der Waals surface area contributed by atoms with Crippen molar-refractivity contribution in [3.63, 3.8) is 0 Å². The molecule has 0 aromatic heterocycles. The van der Waals surface area contributed by atoms with Crippen LogP contribution < -0.4 is 0 Å². The fraction of sp³-hybridized carbons (Fsp3) is 0.636. The molecule has 0 saturated carbocycles. The summed E-state index contributed by atoms with van der Waals surface area (Å²) in [6, 6.07) is 0. The van der Waals surface area contributed by atoms with Gasteiger partial charge in [0.25, 0.3) is 0 Å². The number of hydrogen-bond acceptors (Lipinski definition) is 4. The van der Waals surface area contributed by atoms with E-state index in [-0.39, 0.29) is 30.1 Å². The van der Waals surface area contributed by atoms with Gasteiger partial charge in [-0.2, -0.15) is 0 Å². The SMILES string of the molecule is CC(=O)O[C@@H]1C=C[C@H](OC(C)=O)[C@H](C)C1. The molecule has 4 nitrogen and oxygen atoms in total. The number of carbonyl (C=O) groups excluding carboxylic acids is 2. The molecule has 0 unspecified atom stereocenters. The lowest BCUT2D eigenvalue weighted by atomic mass is 9.91. The van der Waals surface area contributed by atoms with E-state index in [1.165, 1.54) is 13.8 Å². The van der Waals surface area contributed by atoms with E-state index in [0.717, 1.165) is 0 Å². The van der Waals surface area contributed by atoms with Gasteiger partial charge in [0.05, 0.1) is 0 Å². The van der Waals surface area contributed by atoms with E-state index in [9.17, 15) is 9.59 Å². The van der Waals surface area contributed by atoms with Crippen LogP contribution in [0, 0.1) is 5.92 Å². The molecule has 0 saturated heterocycles. The van der Waals surface area contributed by atoms with Crippen LogP contribution >= 0.6 is 0 Å². The zero-order valence-electron chi connectivity index (χ0n) is 9.23. The number of ether oxygens (including phenoxy) is 2. The Morgan fingerprint density at radius 1 is 1.13 bits per heavy atom. The summed E-state index contributed by atoms with van der Waals surface area (Å²) in [6.07, 6.45) is 3.85. The predicted molar refractivity (Wildman–Crippen MR) is 54.0 cm³/mol. The van der Waals surface area contributed by atoms with Crippen molar-refractivity contribution < 1.29 is 19.1 Å². The first-order chi connectivity index (χ1) is 6.99. The van der Waals surface area contributed by atoms with Crippen molar-refractivity contribution in [1.29, 1.82) is 0 Å². The lowest BCUT2D eigenvalue weighted by Gasteiger charge is -2.28. The minimum atomic E-state index is -0.289. The van der Waals surface area contributed by atoms with E-state index in [2.05, 4.69) is 0 Å². The van der Waals surface area contributed by atoms with Crippen molar-refractivity contribution in [3.8, 4) is 0 Å². The van der Waals surface area contributed by atoms with E-state index in [4.69, 9.17) is 9.47 Å². The maximum absolute atomic E-state index is 10.8. The summed E-state index contributed by atoms with van der Waals surface area (Å²) in [7, 11) is 0. The first-order valence-corrected chi connectivity index (χ1v) is 5.02. The maximum Gasteiger partial charge on any atom is 0.303 e. The highest BCUT2D eigenvalue weighted by molar-refractivity contribution is 5.67. The van der Waals surface area contributed by atoms with Crippen LogP contribution in [0.5, 0.6) is 0 Å². The maximum atomic E-state index is 10.8. The van der Waals surface area contributed by atoms with E-state index >= 15 is 0 Å². The van der Waals surface area contributed by atoms with E-state index < -0.39 is 0 Å². The summed E-state index contributed by atoms with van der Waals surface area (Å²) in [5, 5.41) is 0. The molecule has 15 heavy (non-hydrogen) atoms. The highest BCUT2D eigenvalue weighted by Crippen LogP contribution is 2.23. The van der Waals surface area contributed by atoms with Crippen molar-refractivity contribution >= 4 is 11.9 Å². The minimum Gasteiger partial charge on any atom is -0.458 e. The second-order valence-corrected chi connectivity index (χ2v) is 3.82. The van der Waals surface area contributed by atoms with E-state index in [1.807, 2.05) is 6.92 Å². The quantitative estimate of drug-likeness (QED) is 0.513. The van der Waals surface area contributed by atoms with Gasteiger partial charge >= 0.3 is 11.9 Å². The zero-order chi connectivity index (χ0) is 11.4. The molecule has 0 aromatic carbocycles. The molecule has 0 bridgehead atoms. The molecule has 0 aliphatic heterocycles. The van der Waals surface area contributed by atoms with Crippen LogP contribution in [0.2, 0.25) is 0 Å². The second kappa shape index (κ2) is 4.96. The van der Waals surface area contributed by atoms with Gasteiger partial charge in [0.1, 0.15) is 12.2 Å². The third-order valence-electron chi connectivity index (χ3n) is 2.30. The second-order valence-electron chi connectivity index (χ2n) is 3.82. The van der Waals surface area contributed by atoms with Gasteiger partial charge in [-0.25, -0.2) is 0 Å². The van der Waals surface area contributed by atoms with Crippen LogP contribution in [-0.4, -0.2) is 24.1 Å². The molecule has 3 atom stereocenters. The highest BCUT2D eigenvalue weighted by atomic mass is 16.5. The number of carbonyl (C=O) groups is 2. The molecule has 0 heterocycles. The third kappa shape index (κ3) is 3.73. The fourth-order valence-corrected chi connectivity index (χ4v) is 1.65. The van der Waals surface area contributed by atoms with Crippen LogP contribution in [0.3, 0.4) is 0 Å². The number of rotatable bonds is 2. The first-order valence-electron chi connectivity index (χ1n) is 5.02. The molecule has 0 spiro atoms. The molecular formula is C11H16O4. The molecule has 1 aliphatic carbocycles. The average Bonchev–Trinajstić information content (AvgIpc) is 2.08. The molecule has 1 aliphatic rings. The minimum absolute atomic E-state index is 0.170. The normalized spacial score (nSPS) is 29.7. The lowest BCUT2D eigenvalue weighted by Crippen LogP contribution is -2.31. The van der Waals surface area contributed by atoms with Crippen LogP contribution in [0.25, 0.3) is 0 Å². The Hall–Kier alpha value is -1.32. The molecule has 4 heteroatoms. The average molecular weight is 212 g/mol. The summed E-state index contributed by atoms with van der Waals surface area (Å²) in [5.74, 6) is -0.409. The van der Waals surface area contributed by atoms with Crippen LogP contribution in [-0.2, 0) is 19.1 Å². The van der Waals surface area contributed by atoms with Crippen molar-refractivity contribution in [2.75, 3.05) is 0 Å². The number of hydrogen-bond donors (Lipinski definition) is 0. The standard InChI is InChI=1S/C11H16O4/c1-7-6-10(14-8(2)12)4-5-11(7)15-9(3)13/h4-5,7,10-11H,6H2,1-3H3/t7-,10-,11+/m1/s1. The molecule has 1 rings (SSSR count). The van der Waals surface area contributed by atoms with Gasteiger partial charge in [-0.05, 0) is 18.6 Å². The van der Waals surface area contributed by atoms with Crippen molar-refractivity contribution in [1.82, 2.24) is 0 Å². The van der Waals surface area contributed by atoms with Crippen molar-refractivity contribution in [2.45, 2.75) is 39.4 Å². The van der Waals surface area contributed by atoms with Gasteiger partial charge in [-0.3, -0.25) is 9.59 Å². The van der Waals surface area contributed by atoms with Gasteiger partial charge in [-0.15, -0.1) is 0 Å². The molecule has 0 radical (unpaired) electrons. The van der Waals surface area contributed by atoms with Crippen LogP contribution in [0.15, 0.2) is 12.2 Å². The topological polar surface area (TPSA) is 52.6 Å². The summed E-state index contributed by atoms with van der Waals surface area (Å²) in [5.41, 5.74) is 0. The Balaban J connectivity index is 2.54. The zero-order valence-corrected chi connectivity index (χ0v) is 9.23. The van der Waals surface area contributed by atoms with Gasteiger partial charge < -0.3 is 9.47 Å². The van der Waals surface area contributed by atoms with Crippen LogP contribution in [0.1, 0.15) is 27.2 Å². The van der Waals surface area contributed by atoms with Gasteiger partial charge in [-0.1, -0.05) is 6.92 Å². The molecule has 84 valence electrons. The highest BCUT2D eigenvalue weighted by Gasteiger charge is 2.26. The van der Waals surface area contributed by atoms with E-state index in [1.54, 1.807) is 12.2 Å². The summed E-state index contributed by atoms with van der Waals surface area (Å²) in [6.45, 7) is 4.74. The van der Waals surface area contributed by atoms with Gasteiger partial charge in [0.2, 0.25) is 0 Å². The summed E-state index contributed by atoms with van der Waals surface area (Å²) >= 11 is 0. The molecule has 0 amide bonds. The van der Waals surface area contributed by atoms with Crippen LogP contribution in [0.4, 0.5) is 0 Å². The first kappa shape index (κ1) is 11.8. The smallest absolute Gasteiger partial charge is 0.303 e. The molecule has 0 fully saturated rings. The van der Waals surface area contributed by atoms with Gasteiger partial charge in [0.15, 0.2) is 0 Å². The Morgan fingerprint density at radius 3 is 2.20 bits per heavy atom. The van der Waals surface area contributed by atoms with E-state index in [0.29, 0.717) is 6.42 Å². The fourth-order valence-electron chi connectivity index (χ4n) is 1.65. The van der Waals surface area contributed by atoms with Crippen molar-refractivity contribution in [2.24, 2.45) is 5.92 Å². The summed E-state index contributed by atoms with van der Waals surface area (Å²) in [4.78, 5) is 21.5. The summed E-state index contributed by atoms with van der Waals surface area (Å²) < 4.78 is 10.1. The van der Waals surface area contributed by atoms with Crippen molar-refractivity contribution in [3.05, 3.63) is 12.2 Å². The number of esters is 2. The third-order valence-corrected chi connectivity index (χ3v) is 2.30. The Morgan fingerprint density at radius 2 is 1.73 bits per heavy atom. The van der Waals surface area contributed by atoms with Gasteiger partial charge in [0, 0.05) is 19.8 Å². The monoisotopic (exact) mass is 212 g/mol. The lowest BCUT2D eigenvalue weighted by molar-refractivity contribution is -0.151. The Bertz CT molecular complexity index is 282. The molecule has 0 aromatic rings. The predicted octanol–water partition coefficient (Wildman–Crippen LogP) is 1.45. The molecular weight excluding hydrogens is 196 g/mol. The molecule has 0 N–H and O–H groups in total.